The minimum absolute atomic E-state index is 0.0976. The third-order valence-electron chi connectivity index (χ3n) is 2.86. The molecule has 0 unspecified atom stereocenters. The van der Waals surface area contributed by atoms with Crippen LogP contribution in [0.4, 0.5) is 0 Å². The molecule has 0 atom stereocenters. The summed E-state index contributed by atoms with van der Waals surface area (Å²) in [5.41, 5.74) is 6.03. The second-order valence-electron chi connectivity index (χ2n) is 4.81. The molecule has 7 nitrogen and oxygen atoms in total. The van der Waals surface area contributed by atoms with Gasteiger partial charge in [-0.25, -0.2) is 4.98 Å². The number of carbonyl (C=O) groups excluding carboxylic acids is 1. The lowest BCUT2D eigenvalue weighted by atomic mass is 10.0. The number of benzene rings is 1. The Morgan fingerprint density at radius 3 is 2.65 bits per heavy atom. The number of aromatic nitrogens is 2. The van der Waals surface area contributed by atoms with E-state index in [1.807, 2.05) is 18.2 Å². The molecule has 0 aliphatic heterocycles. The summed E-state index contributed by atoms with van der Waals surface area (Å²) in [7, 11) is 0. The van der Waals surface area contributed by atoms with Crippen molar-refractivity contribution in [1.82, 2.24) is 15.3 Å². The normalized spacial score (nSPS) is 12.4. The molecule has 104 valence electrons. The predicted octanol–water partition coefficient (Wildman–Crippen LogP) is 0.885. The van der Waals surface area contributed by atoms with Gasteiger partial charge in [0.15, 0.2) is 5.84 Å². The molecule has 0 saturated heterocycles. The number of para-hydroxylation sites is 2. The van der Waals surface area contributed by atoms with Crippen molar-refractivity contribution in [3.8, 4) is 0 Å². The number of hydrogen-bond acceptors (Lipinski definition) is 5. The Labute approximate surface area is 115 Å². The first-order chi connectivity index (χ1) is 9.44. The molecule has 0 aliphatic carbocycles. The zero-order valence-corrected chi connectivity index (χ0v) is 11.2. The number of nitrogens with zero attached hydrogens (tertiary/aromatic N) is 3. The largest absolute Gasteiger partial charge is 0.409 e. The van der Waals surface area contributed by atoms with E-state index < -0.39 is 11.4 Å². The summed E-state index contributed by atoms with van der Waals surface area (Å²) in [6, 6.07) is 7.25. The minimum Gasteiger partial charge on any atom is -0.409 e. The van der Waals surface area contributed by atoms with Crippen molar-refractivity contribution in [2.75, 3.05) is 0 Å². The highest BCUT2D eigenvalue weighted by atomic mass is 16.4. The molecule has 2 aromatic rings. The number of rotatable bonds is 3. The highest BCUT2D eigenvalue weighted by Gasteiger charge is 2.26. The fourth-order valence-corrected chi connectivity index (χ4v) is 1.60. The van der Waals surface area contributed by atoms with Gasteiger partial charge in [0, 0.05) is 0 Å². The Kier molecular flexibility index (Phi) is 3.51. The van der Waals surface area contributed by atoms with Crippen LogP contribution in [0.1, 0.15) is 24.3 Å². The number of nitrogens with one attached hydrogen (secondary N) is 1. The summed E-state index contributed by atoms with van der Waals surface area (Å²) < 4.78 is 0. The van der Waals surface area contributed by atoms with Crippen molar-refractivity contribution in [1.29, 1.82) is 0 Å². The van der Waals surface area contributed by atoms with Crippen LogP contribution in [0.25, 0.3) is 11.0 Å². The maximum absolute atomic E-state index is 12.1. The smallest absolute Gasteiger partial charge is 0.272 e. The van der Waals surface area contributed by atoms with Crippen molar-refractivity contribution < 1.29 is 10.0 Å². The lowest BCUT2D eigenvalue weighted by molar-refractivity contribution is 0.0925. The first-order valence-corrected chi connectivity index (χ1v) is 5.96. The van der Waals surface area contributed by atoms with Gasteiger partial charge in [-0.3, -0.25) is 9.78 Å². The average Bonchev–Trinajstić information content (AvgIpc) is 2.45. The fourth-order valence-electron chi connectivity index (χ4n) is 1.60. The van der Waals surface area contributed by atoms with Crippen LogP contribution in [-0.4, -0.2) is 32.5 Å². The van der Waals surface area contributed by atoms with Gasteiger partial charge in [-0.05, 0) is 26.0 Å². The van der Waals surface area contributed by atoms with Crippen LogP contribution in [0.3, 0.4) is 0 Å². The van der Waals surface area contributed by atoms with Gasteiger partial charge < -0.3 is 16.3 Å². The molecule has 0 spiro atoms. The number of amides is 1. The van der Waals surface area contributed by atoms with Crippen molar-refractivity contribution in [3.63, 3.8) is 0 Å². The van der Waals surface area contributed by atoms with E-state index in [2.05, 4.69) is 20.4 Å². The molecule has 7 heteroatoms. The van der Waals surface area contributed by atoms with E-state index in [1.165, 1.54) is 6.20 Å². The third kappa shape index (κ3) is 2.66. The van der Waals surface area contributed by atoms with Crippen molar-refractivity contribution >= 4 is 22.8 Å². The molecule has 0 aliphatic rings. The Hall–Kier alpha value is -2.70. The van der Waals surface area contributed by atoms with Gasteiger partial charge in [0.2, 0.25) is 0 Å². The van der Waals surface area contributed by atoms with Crippen LogP contribution in [0.5, 0.6) is 0 Å². The molecule has 0 radical (unpaired) electrons. The van der Waals surface area contributed by atoms with E-state index in [0.717, 1.165) is 0 Å². The van der Waals surface area contributed by atoms with Crippen LogP contribution in [0.2, 0.25) is 0 Å². The number of amidine groups is 1. The molecule has 1 heterocycles. The molecule has 1 aromatic carbocycles. The van der Waals surface area contributed by atoms with E-state index >= 15 is 0 Å². The monoisotopic (exact) mass is 273 g/mol. The molecule has 1 aromatic heterocycles. The summed E-state index contributed by atoms with van der Waals surface area (Å²) in [6.45, 7) is 3.24. The SMILES string of the molecule is CC(C)(NC(=O)c1cnc2ccccc2n1)/C(N)=N/O. The van der Waals surface area contributed by atoms with Crippen LogP contribution >= 0.6 is 0 Å². The summed E-state index contributed by atoms with van der Waals surface area (Å²) in [4.78, 5) is 20.5. The maximum Gasteiger partial charge on any atom is 0.272 e. The second kappa shape index (κ2) is 5.12. The molecule has 2 rings (SSSR count). The lowest BCUT2D eigenvalue weighted by Crippen LogP contribution is -2.53. The van der Waals surface area contributed by atoms with Gasteiger partial charge in [-0.15, -0.1) is 0 Å². The van der Waals surface area contributed by atoms with Gasteiger partial charge in [0.1, 0.15) is 5.69 Å². The van der Waals surface area contributed by atoms with E-state index in [-0.39, 0.29) is 11.5 Å². The van der Waals surface area contributed by atoms with Gasteiger partial charge in [0.05, 0.1) is 22.8 Å². The second-order valence-corrected chi connectivity index (χ2v) is 4.81. The molecule has 4 N–H and O–H groups in total. The highest BCUT2D eigenvalue weighted by Crippen LogP contribution is 2.10. The van der Waals surface area contributed by atoms with Crippen LogP contribution in [0.15, 0.2) is 35.6 Å². The fraction of sp³-hybridized carbons (Fsp3) is 0.231. The summed E-state index contributed by atoms with van der Waals surface area (Å²) >= 11 is 0. The molecular formula is C13H15N5O2. The Bertz CT molecular complexity index is 681. The van der Waals surface area contributed by atoms with E-state index in [4.69, 9.17) is 10.9 Å². The number of carbonyl (C=O) groups is 1. The topological polar surface area (TPSA) is 113 Å². The van der Waals surface area contributed by atoms with Crippen LogP contribution in [0, 0.1) is 0 Å². The van der Waals surface area contributed by atoms with E-state index in [0.29, 0.717) is 11.0 Å². The summed E-state index contributed by atoms with van der Waals surface area (Å²) in [6.07, 6.45) is 1.39. The molecule has 20 heavy (non-hydrogen) atoms. The zero-order valence-electron chi connectivity index (χ0n) is 11.2. The van der Waals surface area contributed by atoms with Crippen molar-refractivity contribution in [2.45, 2.75) is 19.4 Å². The molecule has 1 amide bonds. The van der Waals surface area contributed by atoms with Crippen molar-refractivity contribution in [3.05, 3.63) is 36.2 Å². The molecule has 0 fully saturated rings. The lowest BCUT2D eigenvalue weighted by Gasteiger charge is -2.24. The molecular weight excluding hydrogens is 258 g/mol. The Morgan fingerprint density at radius 2 is 2.00 bits per heavy atom. The molecule has 0 saturated carbocycles. The van der Waals surface area contributed by atoms with Gasteiger partial charge in [0.25, 0.3) is 5.91 Å². The van der Waals surface area contributed by atoms with Gasteiger partial charge in [-0.2, -0.15) is 0 Å². The first kappa shape index (κ1) is 13.7. The number of nitrogens with two attached hydrogens (primary N) is 1. The summed E-state index contributed by atoms with van der Waals surface area (Å²) in [5.74, 6) is -0.542. The standard InChI is InChI=1S/C13H15N5O2/c1-13(2,12(14)18-20)17-11(19)10-7-15-8-5-3-4-6-9(8)16-10/h3-7,20H,1-2H3,(H2,14,18)(H,17,19). The van der Waals surface area contributed by atoms with Crippen molar-refractivity contribution in [2.24, 2.45) is 10.9 Å². The minimum atomic E-state index is -0.987. The van der Waals surface area contributed by atoms with Crippen LogP contribution in [-0.2, 0) is 0 Å². The third-order valence-corrected chi connectivity index (χ3v) is 2.86. The Morgan fingerprint density at radius 1 is 1.35 bits per heavy atom. The zero-order chi connectivity index (χ0) is 14.8. The number of oxime groups is 1. The predicted molar refractivity (Wildman–Crippen MR) is 74.5 cm³/mol. The Balaban J connectivity index is 2.28. The van der Waals surface area contributed by atoms with Gasteiger partial charge in [-0.1, -0.05) is 17.3 Å². The maximum atomic E-state index is 12.1. The van der Waals surface area contributed by atoms with E-state index in [9.17, 15) is 4.79 Å². The molecule has 0 bridgehead atoms. The number of hydrogen-bond donors (Lipinski definition) is 3. The quantitative estimate of drug-likeness (QED) is 0.332. The first-order valence-electron chi connectivity index (χ1n) is 5.96. The highest BCUT2D eigenvalue weighted by molar-refractivity contribution is 5.99. The number of fused-ring (bicyclic) bond motifs is 1. The van der Waals surface area contributed by atoms with Gasteiger partial charge >= 0.3 is 0 Å². The average molecular weight is 273 g/mol. The summed E-state index contributed by atoms with van der Waals surface area (Å²) in [5, 5.41) is 14.2. The van der Waals surface area contributed by atoms with Crippen LogP contribution < -0.4 is 11.1 Å². The van der Waals surface area contributed by atoms with E-state index in [1.54, 1.807) is 19.9 Å².